The Morgan fingerprint density at radius 2 is 0.786 bits per heavy atom. The van der Waals surface area contributed by atoms with Gasteiger partial charge in [0, 0.05) is 12.8 Å². The molecule has 0 aliphatic carbocycles. The highest BCUT2D eigenvalue weighted by molar-refractivity contribution is 7.47. The number of hydrogen-bond acceptors (Lipinski definition) is 9. The topological polar surface area (TPSA) is 149 Å². The molecule has 0 saturated carbocycles. The van der Waals surface area contributed by atoms with Gasteiger partial charge in [0.2, 0.25) is 0 Å². The van der Waals surface area contributed by atoms with E-state index in [1.807, 2.05) is 0 Å². The Bertz CT molecular complexity index is 988. The molecular weight excluding hydrogens is 731 g/mol. The summed E-state index contributed by atoms with van der Waals surface area (Å²) in [6, 6.07) is 0. The second-order valence-corrected chi connectivity index (χ2v) is 16.8. The number of phosphoric acid groups is 1. The zero-order chi connectivity index (χ0) is 41.2. The first-order chi connectivity index (χ1) is 27.3. The van der Waals surface area contributed by atoms with Crippen LogP contribution in [0.5, 0.6) is 0 Å². The Kier molecular flexibility index (Phi) is 40.5. The van der Waals surface area contributed by atoms with Gasteiger partial charge in [-0.2, -0.15) is 0 Å². The van der Waals surface area contributed by atoms with Gasteiger partial charge in [0.15, 0.2) is 0 Å². The third-order valence-electron chi connectivity index (χ3n) is 9.92. The maximum atomic E-state index is 12.4. The first-order valence-electron chi connectivity index (χ1n) is 22.8. The van der Waals surface area contributed by atoms with Gasteiger partial charge in [-0.1, -0.05) is 179 Å². The molecule has 0 aromatic carbocycles. The van der Waals surface area contributed by atoms with Crippen LogP contribution in [0.1, 0.15) is 213 Å². The van der Waals surface area contributed by atoms with Crippen LogP contribution >= 0.6 is 7.82 Å². The van der Waals surface area contributed by atoms with E-state index in [4.69, 9.17) is 18.5 Å². The molecule has 10 nitrogen and oxygen atoms in total. The summed E-state index contributed by atoms with van der Waals surface area (Å²) >= 11 is 0. The number of rotatable bonds is 43. The summed E-state index contributed by atoms with van der Waals surface area (Å²) in [6.45, 7) is 2.21. The van der Waals surface area contributed by atoms with Gasteiger partial charge < -0.3 is 24.6 Å². The number of hydrogen-bond donors (Lipinski definition) is 3. The number of phosphoric ester groups is 1. The second-order valence-electron chi connectivity index (χ2n) is 15.4. The van der Waals surface area contributed by atoms with Crippen molar-refractivity contribution in [1.29, 1.82) is 0 Å². The molecule has 0 spiro atoms. The molecule has 3 N–H and O–H groups in total. The summed E-state index contributed by atoms with van der Waals surface area (Å²) in [6.07, 6.45) is 41.4. The SMILES string of the molecule is CCCCCC/C=C\C/C=C\CCCCCCCCCC(=O)OC(CO)COP(=O)(O)OCC(CO)OC(=O)CCCCCCCCCCCCCCCCC. The molecule has 0 bridgehead atoms. The number of allylic oxidation sites excluding steroid dienone is 4. The van der Waals surface area contributed by atoms with Crippen molar-refractivity contribution in [2.75, 3.05) is 26.4 Å². The standard InChI is InChI=1S/C45H85O10P/c1-3-5-7-9-11-13-15-17-19-20-21-23-25-27-29-31-33-35-37-45(49)55-43(39-47)41-53-56(50,51)52-40-42(38-46)54-44(48)36-34-32-30-28-26-24-22-18-16-14-12-10-8-6-4-2/h13,15,19-20,42-43,46-47H,3-12,14,16-18,21-41H2,1-2H3,(H,50,51)/b15-13-,20-19-. The molecule has 0 aromatic heterocycles. The van der Waals surface area contributed by atoms with Crippen LogP contribution in [0, 0.1) is 0 Å². The minimum Gasteiger partial charge on any atom is -0.457 e. The number of carbonyl (C=O) groups is 2. The molecule has 0 aliphatic rings. The molecule has 0 radical (unpaired) electrons. The first kappa shape index (κ1) is 54.5. The van der Waals surface area contributed by atoms with Crippen molar-refractivity contribution < 1.29 is 47.8 Å². The molecule has 56 heavy (non-hydrogen) atoms. The van der Waals surface area contributed by atoms with Crippen molar-refractivity contribution in [3.63, 3.8) is 0 Å². The fraction of sp³-hybridized carbons (Fsp3) is 0.867. The van der Waals surface area contributed by atoms with E-state index < -0.39 is 58.4 Å². The predicted octanol–water partition coefficient (Wildman–Crippen LogP) is 12.2. The lowest BCUT2D eigenvalue weighted by Crippen LogP contribution is -2.28. The van der Waals surface area contributed by atoms with E-state index in [0.717, 1.165) is 51.4 Å². The van der Waals surface area contributed by atoms with Crippen LogP contribution in [0.15, 0.2) is 24.3 Å². The largest absolute Gasteiger partial charge is 0.472 e. The Hall–Kier alpha value is -1.55. The molecular formula is C45H85O10P. The molecule has 0 rings (SSSR count). The molecule has 0 aliphatic heterocycles. The molecule has 3 unspecified atom stereocenters. The highest BCUT2D eigenvalue weighted by Gasteiger charge is 2.27. The van der Waals surface area contributed by atoms with Crippen molar-refractivity contribution in [3.8, 4) is 0 Å². The van der Waals surface area contributed by atoms with Gasteiger partial charge in [-0.3, -0.25) is 18.6 Å². The van der Waals surface area contributed by atoms with Gasteiger partial charge >= 0.3 is 19.8 Å². The first-order valence-corrected chi connectivity index (χ1v) is 24.3. The van der Waals surface area contributed by atoms with Gasteiger partial charge in [-0.25, -0.2) is 4.57 Å². The average Bonchev–Trinajstić information content (AvgIpc) is 3.19. The number of unbranched alkanes of at least 4 members (excludes halogenated alkanes) is 25. The lowest BCUT2D eigenvalue weighted by Gasteiger charge is -2.20. The van der Waals surface area contributed by atoms with Crippen LogP contribution in [0.4, 0.5) is 0 Å². The molecule has 0 fully saturated rings. The molecule has 0 amide bonds. The van der Waals surface area contributed by atoms with E-state index in [-0.39, 0.29) is 12.8 Å². The van der Waals surface area contributed by atoms with Gasteiger partial charge in [0.05, 0.1) is 26.4 Å². The number of carbonyl (C=O) groups excluding carboxylic acids is 2. The fourth-order valence-corrected chi connectivity index (χ4v) is 7.17. The minimum absolute atomic E-state index is 0.185. The summed E-state index contributed by atoms with van der Waals surface area (Å²) < 4.78 is 32.6. The van der Waals surface area contributed by atoms with E-state index in [2.05, 4.69) is 38.2 Å². The highest BCUT2D eigenvalue weighted by atomic mass is 31.2. The predicted molar refractivity (Wildman–Crippen MR) is 228 cm³/mol. The summed E-state index contributed by atoms with van der Waals surface area (Å²) in [5.41, 5.74) is 0. The quantitative estimate of drug-likeness (QED) is 0.0235. The maximum absolute atomic E-state index is 12.4. The monoisotopic (exact) mass is 817 g/mol. The lowest BCUT2D eigenvalue weighted by atomic mass is 10.0. The summed E-state index contributed by atoms with van der Waals surface area (Å²) in [7, 11) is -4.64. The number of aliphatic hydroxyl groups is 2. The molecule has 11 heteroatoms. The Morgan fingerprint density at radius 3 is 1.12 bits per heavy atom. The summed E-state index contributed by atoms with van der Waals surface area (Å²) in [5, 5.41) is 19.2. The van der Waals surface area contributed by atoms with Gasteiger partial charge in [-0.05, 0) is 44.9 Å². The van der Waals surface area contributed by atoms with Crippen molar-refractivity contribution in [2.24, 2.45) is 0 Å². The van der Waals surface area contributed by atoms with Crippen LogP contribution in [-0.4, -0.2) is 65.7 Å². The van der Waals surface area contributed by atoms with Gasteiger partial charge in [0.1, 0.15) is 12.2 Å². The summed E-state index contributed by atoms with van der Waals surface area (Å²) in [4.78, 5) is 34.5. The molecule has 0 heterocycles. The molecule has 0 saturated heterocycles. The Labute approximate surface area is 342 Å². The minimum atomic E-state index is -4.64. The van der Waals surface area contributed by atoms with Crippen molar-refractivity contribution in [2.45, 2.75) is 225 Å². The van der Waals surface area contributed by atoms with Gasteiger partial charge in [0.25, 0.3) is 0 Å². The van der Waals surface area contributed by atoms with Crippen molar-refractivity contribution in [1.82, 2.24) is 0 Å². The van der Waals surface area contributed by atoms with Crippen molar-refractivity contribution >= 4 is 19.8 Å². The number of aliphatic hydroxyl groups excluding tert-OH is 2. The third-order valence-corrected chi connectivity index (χ3v) is 10.9. The van der Waals surface area contributed by atoms with Crippen LogP contribution in [0.3, 0.4) is 0 Å². The van der Waals surface area contributed by atoms with Crippen LogP contribution in [0.2, 0.25) is 0 Å². The second kappa shape index (κ2) is 41.6. The lowest BCUT2D eigenvalue weighted by molar-refractivity contribution is -0.153. The fourth-order valence-electron chi connectivity index (χ4n) is 6.38. The van der Waals surface area contributed by atoms with Crippen molar-refractivity contribution in [3.05, 3.63) is 24.3 Å². The van der Waals surface area contributed by atoms with Crippen LogP contribution in [0.25, 0.3) is 0 Å². The zero-order valence-electron chi connectivity index (χ0n) is 35.9. The maximum Gasteiger partial charge on any atom is 0.472 e. The number of ether oxygens (including phenoxy) is 2. The van der Waals surface area contributed by atoms with Crippen LogP contribution in [-0.2, 0) is 32.7 Å². The smallest absolute Gasteiger partial charge is 0.457 e. The average molecular weight is 817 g/mol. The molecule has 3 atom stereocenters. The van der Waals surface area contributed by atoms with E-state index in [9.17, 15) is 29.3 Å². The molecule has 330 valence electrons. The summed E-state index contributed by atoms with van der Waals surface area (Å²) in [5.74, 6) is -1.02. The Morgan fingerprint density at radius 1 is 0.482 bits per heavy atom. The van der Waals surface area contributed by atoms with Gasteiger partial charge in [-0.15, -0.1) is 0 Å². The third kappa shape index (κ3) is 39.3. The number of esters is 2. The van der Waals surface area contributed by atoms with E-state index in [0.29, 0.717) is 12.8 Å². The van der Waals surface area contributed by atoms with E-state index in [1.165, 1.54) is 122 Å². The highest BCUT2D eigenvalue weighted by Crippen LogP contribution is 2.43. The van der Waals surface area contributed by atoms with E-state index in [1.54, 1.807) is 0 Å². The normalized spacial score (nSPS) is 14.0. The van der Waals surface area contributed by atoms with E-state index >= 15 is 0 Å². The zero-order valence-corrected chi connectivity index (χ0v) is 36.8. The van der Waals surface area contributed by atoms with Crippen LogP contribution < -0.4 is 0 Å². The molecule has 0 aromatic rings. The Balaban J connectivity index is 3.90.